The van der Waals surface area contributed by atoms with E-state index < -0.39 is 0 Å². The van der Waals surface area contributed by atoms with Gasteiger partial charge in [-0.15, -0.1) is 0 Å². The second-order valence-corrected chi connectivity index (χ2v) is 3.43. The van der Waals surface area contributed by atoms with Crippen LogP contribution in [0, 0.1) is 5.92 Å². The van der Waals surface area contributed by atoms with Gasteiger partial charge >= 0.3 is 5.97 Å². The molecule has 0 N–H and O–H groups in total. The summed E-state index contributed by atoms with van der Waals surface area (Å²) in [5, 5.41) is 4.06. The molecule has 1 aromatic heterocycles. The lowest BCUT2D eigenvalue weighted by molar-refractivity contribution is -0.149. The molecule has 0 spiro atoms. The Hall–Kier alpha value is -1.32. The van der Waals surface area contributed by atoms with E-state index in [0.29, 0.717) is 6.61 Å². The number of carbonyl (C=O) groups excluding carboxylic acids is 1. The molecule has 78 valence electrons. The Kier molecular flexibility index (Phi) is 3.68. The van der Waals surface area contributed by atoms with Crippen LogP contribution in [0.2, 0.25) is 0 Å². The third kappa shape index (κ3) is 2.34. The van der Waals surface area contributed by atoms with Crippen molar-refractivity contribution in [3.63, 3.8) is 0 Å². The number of nitrogens with zero attached hydrogens (tertiary/aromatic N) is 2. The number of carbonyl (C=O) groups is 1. The summed E-state index contributed by atoms with van der Waals surface area (Å²) in [5.41, 5.74) is 0. The smallest absolute Gasteiger partial charge is 0.331 e. The maximum atomic E-state index is 11.6. The van der Waals surface area contributed by atoms with Crippen molar-refractivity contribution in [1.82, 2.24) is 9.78 Å². The number of hydrogen-bond acceptors (Lipinski definition) is 3. The summed E-state index contributed by atoms with van der Waals surface area (Å²) in [5.74, 6) is -0.0415. The first kappa shape index (κ1) is 10.8. The SMILES string of the molecule is CCOC(=O)[C@@H](C(C)C)n1cccn1. The van der Waals surface area contributed by atoms with Gasteiger partial charge in [-0.3, -0.25) is 4.68 Å². The summed E-state index contributed by atoms with van der Waals surface area (Å²) in [4.78, 5) is 11.6. The van der Waals surface area contributed by atoms with E-state index >= 15 is 0 Å². The standard InChI is InChI=1S/C10H16N2O2/c1-4-14-10(13)9(8(2)3)12-7-5-6-11-12/h5-9H,4H2,1-3H3/t9-/m1/s1. The van der Waals surface area contributed by atoms with Crippen LogP contribution in [0.5, 0.6) is 0 Å². The number of aromatic nitrogens is 2. The molecule has 0 aliphatic heterocycles. The maximum absolute atomic E-state index is 11.6. The average molecular weight is 196 g/mol. The minimum Gasteiger partial charge on any atom is -0.464 e. The Morgan fingerprint density at radius 3 is 2.71 bits per heavy atom. The second-order valence-electron chi connectivity index (χ2n) is 3.43. The van der Waals surface area contributed by atoms with E-state index in [1.165, 1.54) is 0 Å². The normalized spacial score (nSPS) is 12.9. The fourth-order valence-corrected chi connectivity index (χ4v) is 1.36. The van der Waals surface area contributed by atoms with Crippen molar-refractivity contribution in [3.8, 4) is 0 Å². The first-order chi connectivity index (χ1) is 6.66. The molecule has 1 aromatic rings. The van der Waals surface area contributed by atoms with Gasteiger partial charge in [0.15, 0.2) is 6.04 Å². The molecule has 0 bridgehead atoms. The quantitative estimate of drug-likeness (QED) is 0.688. The van der Waals surface area contributed by atoms with Crippen molar-refractivity contribution in [1.29, 1.82) is 0 Å². The first-order valence-electron chi connectivity index (χ1n) is 4.82. The van der Waals surface area contributed by atoms with E-state index in [2.05, 4.69) is 5.10 Å². The Balaban J connectivity index is 2.80. The van der Waals surface area contributed by atoms with Gasteiger partial charge in [-0.05, 0) is 18.9 Å². The molecule has 0 aromatic carbocycles. The lowest BCUT2D eigenvalue weighted by atomic mass is 10.1. The number of esters is 1. The Morgan fingerprint density at radius 1 is 1.57 bits per heavy atom. The lowest BCUT2D eigenvalue weighted by Crippen LogP contribution is -2.26. The van der Waals surface area contributed by atoms with Gasteiger partial charge in [-0.2, -0.15) is 5.10 Å². The van der Waals surface area contributed by atoms with Crippen LogP contribution in [-0.2, 0) is 9.53 Å². The third-order valence-electron chi connectivity index (χ3n) is 1.97. The molecule has 4 nitrogen and oxygen atoms in total. The summed E-state index contributed by atoms with van der Waals surface area (Å²) in [6.07, 6.45) is 3.44. The van der Waals surface area contributed by atoms with Gasteiger partial charge in [0.2, 0.25) is 0 Å². The molecule has 0 fully saturated rings. The molecule has 1 heterocycles. The fraction of sp³-hybridized carbons (Fsp3) is 0.600. The topological polar surface area (TPSA) is 44.1 Å². The van der Waals surface area contributed by atoms with Crippen LogP contribution in [0.1, 0.15) is 26.8 Å². The second kappa shape index (κ2) is 4.79. The van der Waals surface area contributed by atoms with Crippen LogP contribution in [0.15, 0.2) is 18.5 Å². The summed E-state index contributed by atoms with van der Waals surface area (Å²) in [6.45, 7) is 6.16. The highest BCUT2D eigenvalue weighted by Gasteiger charge is 2.25. The molecule has 0 aliphatic carbocycles. The molecule has 0 radical (unpaired) electrons. The van der Waals surface area contributed by atoms with Gasteiger partial charge in [0.1, 0.15) is 0 Å². The molecule has 0 saturated carbocycles. The molecule has 0 unspecified atom stereocenters. The predicted octanol–water partition coefficient (Wildman–Crippen LogP) is 1.64. The number of ether oxygens (including phenoxy) is 1. The van der Waals surface area contributed by atoms with Gasteiger partial charge in [0, 0.05) is 12.4 Å². The number of rotatable bonds is 4. The molecular weight excluding hydrogens is 180 g/mol. The molecule has 14 heavy (non-hydrogen) atoms. The zero-order valence-electron chi connectivity index (χ0n) is 8.80. The molecular formula is C10H16N2O2. The molecule has 0 amide bonds. The van der Waals surface area contributed by atoms with Crippen LogP contribution >= 0.6 is 0 Å². The minimum absolute atomic E-state index is 0.175. The monoisotopic (exact) mass is 196 g/mol. The maximum Gasteiger partial charge on any atom is 0.331 e. The highest BCUT2D eigenvalue weighted by molar-refractivity contribution is 5.74. The van der Waals surface area contributed by atoms with Crippen molar-refractivity contribution >= 4 is 5.97 Å². The van der Waals surface area contributed by atoms with Crippen molar-refractivity contribution < 1.29 is 9.53 Å². The van der Waals surface area contributed by atoms with Crippen molar-refractivity contribution in [3.05, 3.63) is 18.5 Å². The van der Waals surface area contributed by atoms with Crippen molar-refractivity contribution in [2.45, 2.75) is 26.8 Å². The van der Waals surface area contributed by atoms with Crippen molar-refractivity contribution in [2.75, 3.05) is 6.61 Å². The average Bonchev–Trinajstić information content (AvgIpc) is 2.57. The number of hydrogen-bond donors (Lipinski definition) is 0. The molecule has 0 aliphatic rings. The third-order valence-corrected chi connectivity index (χ3v) is 1.97. The van der Waals surface area contributed by atoms with E-state index in [1.807, 2.05) is 13.8 Å². The van der Waals surface area contributed by atoms with Crippen LogP contribution < -0.4 is 0 Å². The van der Waals surface area contributed by atoms with Crippen LogP contribution in [0.3, 0.4) is 0 Å². The lowest BCUT2D eigenvalue weighted by Gasteiger charge is -2.19. The van der Waals surface area contributed by atoms with Crippen LogP contribution in [-0.4, -0.2) is 22.4 Å². The molecule has 1 rings (SSSR count). The first-order valence-corrected chi connectivity index (χ1v) is 4.82. The fourth-order valence-electron chi connectivity index (χ4n) is 1.36. The van der Waals surface area contributed by atoms with Crippen LogP contribution in [0.25, 0.3) is 0 Å². The molecule has 1 atom stereocenters. The van der Waals surface area contributed by atoms with E-state index in [9.17, 15) is 4.79 Å². The zero-order chi connectivity index (χ0) is 10.6. The van der Waals surface area contributed by atoms with E-state index in [0.717, 1.165) is 0 Å². The summed E-state index contributed by atoms with van der Waals surface area (Å²) in [7, 11) is 0. The Bertz CT molecular complexity index is 280. The van der Waals surface area contributed by atoms with E-state index in [1.54, 1.807) is 30.1 Å². The van der Waals surface area contributed by atoms with Gasteiger partial charge in [-0.1, -0.05) is 13.8 Å². The highest BCUT2D eigenvalue weighted by atomic mass is 16.5. The van der Waals surface area contributed by atoms with Crippen molar-refractivity contribution in [2.24, 2.45) is 5.92 Å². The van der Waals surface area contributed by atoms with Gasteiger partial charge in [0.05, 0.1) is 6.61 Å². The van der Waals surface area contributed by atoms with E-state index in [-0.39, 0.29) is 17.9 Å². The summed E-state index contributed by atoms with van der Waals surface area (Å²) < 4.78 is 6.63. The zero-order valence-corrected chi connectivity index (χ0v) is 8.80. The molecule has 4 heteroatoms. The summed E-state index contributed by atoms with van der Waals surface area (Å²) >= 11 is 0. The molecule has 0 saturated heterocycles. The largest absolute Gasteiger partial charge is 0.464 e. The van der Waals surface area contributed by atoms with Crippen LogP contribution in [0.4, 0.5) is 0 Å². The predicted molar refractivity (Wildman–Crippen MR) is 52.7 cm³/mol. The van der Waals surface area contributed by atoms with Gasteiger partial charge in [-0.25, -0.2) is 4.79 Å². The van der Waals surface area contributed by atoms with Gasteiger partial charge in [0.25, 0.3) is 0 Å². The van der Waals surface area contributed by atoms with Gasteiger partial charge < -0.3 is 4.74 Å². The summed E-state index contributed by atoms with van der Waals surface area (Å²) in [6, 6.07) is 1.49. The van der Waals surface area contributed by atoms with E-state index in [4.69, 9.17) is 4.74 Å². The minimum atomic E-state index is -0.315. The Labute approximate surface area is 83.9 Å². The highest BCUT2D eigenvalue weighted by Crippen LogP contribution is 2.17. The Morgan fingerprint density at radius 2 is 2.29 bits per heavy atom.